The number of benzene rings is 1. The highest BCUT2D eigenvalue weighted by molar-refractivity contribution is 6.02. The van der Waals surface area contributed by atoms with Gasteiger partial charge in [0.2, 0.25) is 5.91 Å². The molecular formula is C28H41N3O6. The summed E-state index contributed by atoms with van der Waals surface area (Å²) in [7, 11) is 3.16. The van der Waals surface area contributed by atoms with Gasteiger partial charge >= 0.3 is 12.0 Å². The van der Waals surface area contributed by atoms with Crippen LogP contribution in [0.1, 0.15) is 86.7 Å². The summed E-state index contributed by atoms with van der Waals surface area (Å²) < 4.78 is 16.4. The van der Waals surface area contributed by atoms with Crippen LogP contribution in [0, 0.1) is 0 Å². The molecule has 204 valence electrons. The van der Waals surface area contributed by atoms with Gasteiger partial charge in [-0.05, 0) is 51.6 Å². The lowest BCUT2D eigenvalue weighted by Gasteiger charge is -2.36. The Labute approximate surface area is 220 Å². The summed E-state index contributed by atoms with van der Waals surface area (Å²) in [6.45, 7) is 5.63. The second-order valence-corrected chi connectivity index (χ2v) is 10.2. The van der Waals surface area contributed by atoms with Crippen molar-refractivity contribution in [3.05, 3.63) is 23.3 Å². The lowest BCUT2D eigenvalue weighted by atomic mass is 9.98. The van der Waals surface area contributed by atoms with Crippen LogP contribution >= 0.6 is 0 Å². The van der Waals surface area contributed by atoms with Gasteiger partial charge in [-0.2, -0.15) is 0 Å². The first-order valence-corrected chi connectivity index (χ1v) is 13.8. The van der Waals surface area contributed by atoms with Gasteiger partial charge in [-0.1, -0.05) is 25.7 Å². The maximum Gasteiger partial charge on any atom is 0.342 e. The van der Waals surface area contributed by atoms with Gasteiger partial charge in [0, 0.05) is 37.3 Å². The number of nitrogens with zero attached hydrogens (tertiary/aromatic N) is 3. The number of carbonyl (C=O) groups excluding carboxylic acids is 3. The molecular weight excluding hydrogens is 474 g/mol. The molecule has 3 aliphatic heterocycles. The summed E-state index contributed by atoms with van der Waals surface area (Å²) >= 11 is 0. The van der Waals surface area contributed by atoms with Crippen molar-refractivity contribution in [3.8, 4) is 11.5 Å². The Bertz CT molecular complexity index is 975. The lowest BCUT2D eigenvalue weighted by Crippen LogP contribution is -2.46. The fourth-order valence-corrected chi connectivity index (χ4v) is 5.81. The molecule has 0 radical (unpaired) electrons. The van der Waals surface area contributed by atoms with Gasteiger partial charge in [-0.25, -0.2) is 9.59 Å². The number of amides is 3. The second kappa shape index (κ2) is 12.6. The molecule has 0 spiro atoms. The van der Waals surface area contributed by atoms with Crippen molar-refractivity contribution in [3.63, 3.8) is 0 Å². The van der Waals surface area contributed by atoms with Crippen LogP contribution in [0.2, 0.25) is 0 Å². The van der Waals surface area contributed by atoms with E-state index in [1.165, 1.54) is 30.6 Å². The average molecular weight is 516 g/mol. The molecule has 2 fully saturated rings. The molecule has 0 aliphatic carbocycles. The molecule has 1 aromatic rings. The summed E-state index contributed by atoms with van der Waals surface area (Å²) in [5.41, 5.74) is 1.40. The Kier molecular flexibility index (Phi) is 9.29. The van der Waals surface area contributed by atoms with Crippen molar-refractivity contribution in [2.45, 2.75) is 76.9 Å². The van der Waals surface area contributed by atoms with E-state index in [0.717, 1.165) is 57.3 Å². The minimum absolute atomic E-state index is 0.0653. The minimum Gasteiger partial charge on any atom is -0.497 e. The first-order chi connectivity index (χ1) is 18.0. The summed E-state index contributed by atoms with van der Waals surface area (Å²) in [4.78, 5) is 42.4. The molecule has 9 nitrogen and oxygen atoms in total. The fraction of sp³-hybridized carbons (Fsp3) is 0.679. The van der Waals surface area contributed by atoms with Crippen LogP contribution in [0.5, 0.6) is 11.5 Å². The van der Waals surface area contributed by atoms with E-state index in [4.69, 9.17) is 14.2 Å². The lowest BCUT2D eigenvalue weighted by molar-refractivity contribution is -0.125. The van der Waals surface area contributed by atoms with Gasteiger partial charge in [0.05, 0.1) is 14.2 Å². The van der Waals surface area contributed by atoms with Crippen molar-refractivity contribution < 1.29 is 28.6 Å². The van der Waals surface area contributed by atoms with Gasteiger partial charge in [0.1, 0.15) is 29.7 Å². The van der Waals surface area contributed by atoms with Crippen molar-refractivity contribution in [1.29, 1.82) is 0 Å². The number of imide groups is 1. The van der Waals surface area contributed by atoms with Crippen molar-refractivity contribution in [1.82, 2.24) is 14.7 Å². The van der Waals surface area contributed by atoms with E-state index in [0.29, 0.717) is 23.6 Å². The molecule has 3 aliphatic rings. The smallest absolute Gasteiger partial charge is 0.342 e. The van der Waals surface area contributed by atoms with E-state index in [1.807, 2.05) is 13.0 Å². The van der Waals surface area contributed by atoms with E-state index in [1.54, 1.807) is 25.2 Å². The largest absolute Gasteiger partial charge is 0.497 e. The van der Waals surface area contributed by atoms with E-state index >= 15 is 0 Å². The van der Waals surface area contributed by atoms with Gasteiger partial charge in [-0.3, -0.25) is 9.69 Å². The van der Waals surface area contributed by atoms with Crippen molar-refractivity contribution in [2.24, 2.45) is 0 Å². The minimum atomic E-state index is -0.313. The Hall–Kier alpha value is -2.81. The Balaban J connectivity index is 1.08. The van der Waals surface area contributed by atoms with E-state index in [2.05, 4.69) is 4.90 Å². The fourth-order valence-electron chi connectivity index (χ4n) is 5.81. The van der Waals surface area contributed by atoms with Crippen LogP contribution in [0.3, 0.4) is 0 Å². The number of cyclic esters (lactones) is 1. The normalized spacial score (nSPS) is 20.5. The third kappa shape index (κ3) is 6.20. The van der Waals surface area contributed by atoms with Crippen LogP contribution in [0.25, 0.3) is 0 Å². The van der Waals surface area contributed by atoms with Crippen LogP contribution in [-0.4, -0.2) is 85.6 Å². The average Bonchev–Trinajstić information content (AvgIpc) is 3.39. The zero-order valence-corrected chi connectivity index (χ0v) is 22.5. The number of hydrogen-bond acceptors (Lipinski definition) is 7. The third-order valence-electron chi connectivity index (χ3n) is 7.95. The predicted molar refractivity (Wildman–Crippen MR) is 139 cm³/mol. The summed E-state index contributed by atoms with van der Waals surface area (Å²) in [5, 5.41) is 0. The molecule has 3 heterocycles. The summed E-state index contributed by atoms with van der Waals surface area (Å²) in [5.74, 6) is 0.802. The van der Waals surface area contributed by atoms with Gasteiger partial charge in [-0.15, -0.1) is 0 Å². The number of unbranched alkanes of at least 4 members (excludes halogenated alkanes) is 5. The molecule has 0 aromatic heterocycles. The monoisotopic (exact) mass is 515 g/mol. The summed E-state index contributed by atoms with van der Waals surface area (Å²) in [6, 6.07) is 3.69. The maximum absolute atomic E-state index is 12.4. The molecule has 1 atom stereocenters. The number of hydrogen-bond donors (Lipinski definition) is 0. The second-order valence-electron chi connectivity index (χ2n) is 10.2. The van der Waals surface area contributed by atoms with Crippen molar-refractivity contribution in [2.75, 3.05) is 46.9 Å². The molecule has 1 aromatic carbocycles. The number of rotatable bonds is 13. The first kappa shape index (κ1) is 27.2. The number of ether oxygens (including phenoxy) is 3. The molecule has 4 rings (SSSR count). The predicted octanol–water partition coefficient (Wildman–Crippen LogP) is 4.39. The van der Waals surface area contributed by atoms with Gasteiger partial charge in [0.25, 0.3) is 0 Å². The topological polar surface area (TPSA) is 88.6 Å². The quantitative estimate of drug-likeness (QED) is 0.219. The van der Waals surface area contributed by atoms with Crippen LogP contribution in [-0.2, 0) is 9.53 Å². The number of urea groups is 1. The molecule has 0 N–H and O–H groups in total. The molecule has 37 heavy (non-hydrogen) atoms. The van der Waals surface area contributed by atoms with E-state index in [-0.39, 0.29) is 36.6 Å². The van der Waals surface area contributed by atoms with Crippen LogP contribution < -0.4 is 9.47 Å². The number of methoxy groups -OCH3 is 2. The van der Waals surface area contributed by atoms with Gasteiger partial charge in [0.15, 0.2) is 0 Å². The zero-order valence-electron chi connectivity index (χ0n) is 22.5. The molecule has 0 bridgehead atoms. The first-order valence-electron chi connectivity index (χ1n) is 13.8. The SMILES string of the molecule is CCN1C(=O)CN(C2CCN(CCCCCCCC[C@H]3OC(=O)c4c(OC)cc(OC)cc43)CC2)C1=O. The number of carbonyl (C=O) groups is 3. The zero-order chi connectivity index (χ0) is 26.4. The summed E-state index contributed by atoms with van der Waals surface area (Å²) in [6.07, 6.45) is 9.38. The van der Waals surface area contributed by atoms with Gasteiger partial charge < -0.3 is 24.0 Å². The van der Waals surface area contributed by atoms with Crippen LogP contribution in [0.4, 0.5) is 4.79 Å². The molecule has 0 saturated carbocycles. The highest BCUT2D eigenvalue weighted by Gasteiger charge is 2.39. The van der Waals surface area contributed by atoms with E-state index in [9.17, 15) is 14.4 Å². The number of likely N-dealkylation sites (N-methyl/N-ethyl adjacent to an activating group) is 1. The standard InChI is InChI=1S/C28H41N3O6/c1-4-30-25(32)19-31(28(30)34)20-12-15-29(16-13-20)14-10-8-6-5-7-9-11-23-22-17-21(35-2)18-24(36-3)26(22)27(33)37-23/h17-18,20,23H,4-16,19H2,1-3H3/t23-/m1/s1. The molecule has 9 heteroatoms. The van der Waals surface area contributed by atoms with E-state index < -0.39 is 0 Å². The van der Waals surface area contributed by atoms with Crippen LogP contribution in [0.15, 0.2) is 12.1 Å². The number of likely N-dealkylation sites (tertiary alicyclic amines) is 1. The third-order valence-corrected chi connectivity index (χ3v) is 7.95. The number of piperidine rings is 1. The number of fused-ring (bicyclic) bond motifs is 1. The molecule has 2 saturated heterocycles. The molecule has 0 unspecified atom stereocenters. The molecule has 3 amide bonds. The Morgan fingerprint density at radius 3 is 2.30 bits per heavy atom. The van der Waals surface area contributed by atoms with Crippen molar-refractivity contribution >= 4 is 17.9 Å². The Morgan fingerprint density at radius 1 is 0.946 bits per heavy atom. The number of esters is 1. The highest BCUT2D eigenvalue weighted by Crippen LogP contribution is 2.41. The highest BCUT2D eigenvalue weighted by atomic mass is 16.6. The Morgan fingerprint density at radius 2 is 1.65 bits per heavy atom. The maximum atomic E-state index is 12.4.